The van der Waals surface area contributed by atoms with Crippen LogP contribution < -0.4 is 20.9 Å². The topological polar surface area (TPSA) is 149 Å². The fraction of sp³-hybridized carbons (Fsp3) is 0.308. The number of aromatic nitrogens is 2. The highest BCUT2D eigenvalue weighted by atomic mass is 16.6. The molecule has 3 aromatic carbocycles. The minimum absolute atomic E-state index is 0.0485. The molecule has 11 heteroatoms. The zero-order valence-electron chi connectivity index (χ0n) is 27.6. The minimum Gasteiger partial charge on any atom is -0.506 e. The molecule has 50 heavy (non-hydrogen) atoms. The van der Waals surface area contributed by atoms with E-state index in [1.807, 2.05) is 66.7 Å². The number of H-pyrrole nitrogens is 1. The number of carbonyl (C=O) groups is 1. The van der Waals surface area contributed by atoms with E-state index >= 15 is 0 Å². The Hall–Kier alpha value is -5.23. The van der Waals surface area contributed by atoms with Crippen molar-refractivity contribution in [2.75, 3.05) is 26.2 Å². The second-order valence-electron chi connectivity index (χ2n) is 13.0. The predicted octanol–water partition coefficient (Wildman–Crippen LogP) is 4.94. The summed E-state index contributed by atoms with van der Waals surface area (Å²) < 4.78 is 12.1. The molecule has 3 fully saturated rings. The Labute approximate surface area is 289 Å². The molecule has 0 spiro atoms. The number of hydrogen-bond donors (Lipinski definition) is 5. The van der Waals surface area contributed by atoms with E-state index < -0.39 is 18.2 Å². The van der Waals surface area contributed by atoms with Crippen LogP contribution in [0.1, 0.15) is 52.9 Å². The van der Waals surface area contributed by atoms with Crippen LogP contribution in [0.5, 0.6) is 11.5 Å². The van der Waals surface area contributed by atoms with Crippen LogP contribution in [0.25, 0.3) is 10.9 Å². The fourth-order valence-corrected chi connectivity index (χ4v) is 6.93. The molecule has 0 aliphatic carbocycles. The van der Waals surface area contributed by atoms with Gasteiger partial charge in [0.05, 0.1) is 23.4 Å². The molecule has 3 atom stereocenters. The number of benzene rings is 3. The zero-order chi connectivity index (χ0) is 34.5. The molecule has 8 rings (SSSR count). The number of hydrogen-bond acceptors (Lipinski definition) is 9. The number of carbonyl (C=O) groups excluding carboxylic acids is 1. The van der Waals surface area contributed by atoms with Crippen molar-refractivity contribution in [1.82, 2.24) is 25.5 Å². The standard InChI is InChI=1S/C39H41N5O6/c45-33-13-11-31(32-12-14-36(47)42-38(32)33)34(46)22-40-21-29-10-9-25(20-41-29)24-49-30-8-4-7-28(19-30)37(27-5-2-1-3-6-27)43-39(48)50-35-23-44-17-15-26(35)16-18-44/h1-14,19-20,26,34-35,37,40,45-46H,15-18,21-24H2,(H,42,47)(H,43,48)/t34?,35?,37-/m0/s1. The molecule has 258 valence electrons. The lowest BCUT2D eigenvalue weighted by Gasteiger charge is -2.43. The number of alkyl carbamates (subject to hydrolysis) is 1. The Morgan fingerprint density at radius 2 is 1.80 bits per heavy atom. The molecule has 2 aromatic heterocycles. The average Bonchev–Trinajstić information content (AvgIpc) is 3.15. The number of aromatic hydroxyl groups is 1. The van der Waals surface area contributed by atoms with Gasteiger partial charge in [0.25, 0.3) is 0 Å². The molecule has 0 saturated carbocycles. The van der Waals surface area contributed by atoms with Crippen molar-refractivity contribution in [3.63, 3.8) is 0 Å². The molecule has 5 aromatic rings. The number of pyridine rings is 2. The summed E-state index contributed by atoms with van der Waals surface area (Å²) in [4.78, 5) is 34.4. The molecule has 0 radical (unpaired) electrons. The van der Waals surface area contributed by atoms with Crippen LogP contribution in [0, 0.1) is 5.92 Å². The summed E-state index contributed by atoms with van der Waals surface area (Å²) in [5, 5.41) is 27.9. The van der Waals surface area contributed by atoms with E-state index in [0.717, 1.165) is 54.9 Å². The summed E-state index contributed by atoms with van der Waals surface area (Å²) >= 11 is 0. The van der Waals surface area contributed by atoms with Gasteiger partial charge < -0.3 is 35.3 Å². The Morgan fingerprint density at radius 1 is 0.980 bits per heavy atom. The van der Waals surface area contributed by atoms with E-state index in [2.05, 4.69) is 25.5 Å². The number of amides is 1. The lowest BCUT2D eigenvalue weighted by atomic mass is 9.86. The molecule has 11 nitrogen and oxygen atoms in total. The third-order valence-electron chi connectivity index (χ3n) is 9.64. The van der Waals surface area contributed by atoms with Gasteiger partial charge in [-0.05, 0) is 78.9 Å². The van der Waals surface area contributed by atoms with Crippen LogP contribution in [-0.2, 0) is 17.9 Å². The van der Waals surface area contributed by atoms with E-state index in [1.54, 1.807) is 18.3 Å². The Kier molecular flexibility index (Phi) is 10.1. The van der Waals surface area contributed by atoms with Gasteiger partial charge in [-0.1, -0.05) is 54.6 Å². The molecular weight excluding hydrogens is 634 g/mol. The second kappa shape index (κ2) is 15.1. The highest BCUT2D eigenvalue weighted by Gasteiger charge is 2.37. The molecule has 5 N–H and O–H groups in total. The second-order valence-corrected chi connectivity index (χ2v) is 13.0. The molecule has 3 saturated heterocycles. The van der Waals surface area contributed by atoms with Crippen LogP contribution in [0.15, 0.2) is 102 Å². The highest BCUT2D eigenvalue weighted by Crippen LogP contribution is 2.31. The van der Waals surface area contributed by atoms with Crippen LogP contribution >= 0.6 is 0 Å². The van der Waals surface area contributed by atoms with Gasteiger partial charge in [-0.2, -0.15) is 0 Å². The summed E-state index contributed by atoms with van der Waals surface area (Å²) in [5.74, 6) is 1.05. The van der Waals surface area contributed by atoms with Crippen molar-refractivity contribution in [1.29, 1.82) is 0 Å². The van der Waals surface area contributed by atoms with Gasteiger partial charge in [0.1, 0.15) is 24.2 Å². The van der Waals surface area contributed by atoms with Crippen LogP contribution in [0.3, 0.4) is 0 Å². The highest BCUT2D eigenvalue weighted by molar-refractivity contribution is 5.87. The number of phenols is 1. The first kappa shape index (κ1) is 33.3. The molecule has 2 bridgehead atoms. The van der Waals surface area contributed by atoms with Gasteiger partial charge in [-0.3, -0.25) is 14.7 Å². The number of phenolic OH excluding ortho intramolecular Hbond substituents is 1. The Morgan fingerprint density at radius 3 is 2.56 bits per heavy atom. The number of rotatable bonds is 12. The lowest BCUT2D eigenvalue weighted by molar-refractivity contribution is -0.0336. The number of aromatic amines is 1. The summed E-state index contributed by atoms with van der Waals surface area (Å²) in [6, 6.07) is 27.1. The maximum absolute atomic E-state index is 13.2. The summed E-state index contributed by atoms with van der Waals surface area (Å²) in [6.45, 7) is 3.96. The molecule has 3 aliphatic rings. The smallest absolute Gasteiger partial charge is 0.408 e. The summed E-state index contributed by atoms with van der Waals surface area (Å²) in [5.41, 5.74) is 4.09. The number of aliphatic hydroxyl groups excluding tert-OH is 1. The van der Waals surface area contributed by atoms with Crippen molar-refractivity contribution in [2.45, 2.75) is 44.2 Å². The number of nitrogens with zero attached hydrogens (tertiary/aromatic N) is 2. The Bertz CT molecular complexity index is 1980. The average molecular weight is 676 g/mol. The predicted molar refractivity (Wildman–Crippen MR) is 189 cm³/mol. The third kappa shape index (κ3) is 7.81. The van der Waals surface area contributed by atoms with Crippen LogP contribution in [-0.4, -0.2) is 63.5 Å². The SMILES string of the molecule is O=C(N[C@@H](c1ccccc1)c1cccc(OCc2ccc(CNCC(O)c3ccc(O)c4[nH]c(=O)ccc34)nc2)c1)OC1CN2CCC1CC2. The summed E-state index contributed by atoms with van der Waals surface area (Å²) in [7, 11) is 0. The maximum atomic E-state index is 13.2. The largest absolute Gasteiger partial charge is 0.506 e. The summed E-state index contributed by atoms with van der Waals surface area (Å²) in [6.07, 6.45) is 2.56. The normalized spacial score (nSPS) is 19.5. The first-order valence-corrected chi connectivity index (χ1v) is 17.0. The molecule has 3 aliphatic heterocycles. The molecule has 5 heterocycles. The van der Waals surface area contributed by atoms with Gasteiger partial charge >= 0.3 is 6.09 Å². The quantitative estimate of drug-likeness (QED) is 0.124. The van der Waals surface area contributed by atoms with Crippen LogP contribution in [0.4, 0.5) is 4.79 Å². The monoisotopic (exact) mass is 675 g/mol. The van der Waals surface area contributed by atoms with Crippen molar-refractivity contribution >= 4 is 17.0 Å². The fourth-order valence-electron chi connectivity index (χ4n) is 6.93. The Balaban J connectivity index is 0.939. The molecular formula is C39H41N5O6. The van der Waals surface area contributed by atoms with E-state index in [9.17, 15) is 19.8 Å². The lowest BCUT2D eigenvalue weighted by Crippen LogP contribution is -2.52. The number of nitrogens with one attached hydrogen (secondary N) is 3. The van der Waals surface area contributed by atoms with Crippen molar-refractivity contribution in [3.8, 4) is 11.5 Å². The number of ether oxygens (including phenoxy) is 2. The first-order valence-electron chi connectivity index (χ1n) is 17.0. The van der Waals surface area contributed by atoms with Gasteiger partial charge in [0.15, 0.2) is 0 Å². The van der Waals surface area contributed by atoms with E-state index in [4.69, 9.17) is 9.47 Å². The third-order valence-corrected chi connectivity index (χ3v) is 9.64. The van der Waals surface area contributed by atoms with Crippen molar-refractivity contribution < 1.29 is 24.5 Å². The van der Waals surface area contributed by atoms with Crippen molar-refractivity contribution in [2.24, 2.45) is 5.92 Å². The van der Waals surface area contributed by atoms with E-state index in [0.29, 0.717) is 41.3 Å². The maximum Gasteiger partial charge on any atom is 0.408 e. The van der Waals surface area contributed by atoms with Crippen molar-refractivity contribution in [3.05, 3.63) is 135 Å². The van der Waals surface area contributed by atoms with Gasteiger partial charge in [0, 0.05) is 42.8 Å². The van der Waals surface area contributed by atoms with E-state index in [1.165, 1.54) is 12.1 Å². The van der Waals surface area contributed by atoms with Gasteiger partial charge in [-0.25, -0.2) is 4.79 Å². The minimum atomic E-state index is -0.861. The van der Waals surface area contributed by atoms with Gasteiger partial charge in [-0.15, -0.1) is 0 Å². The number of piperidine rings is 3. The van der Waals surface area contributed by atoms with E-state index in [-0.39, 0.29) is 24.0 Å². The van der Waals surface area contributed by atoms with Crippen LogP contribution in [0.2, 0.25) is 0 Å². The van der Waals surface area contributed by atoms with Gasteiger partial charge in [0.2, 0.25) is 5.56 Å². The first-order chi connectivity index (χ1) is 24.4. The number of fused-ring (bicyclic) bond motifs is 4. The zero-order valence-corrected chi connectivity index (χ0v) is 27.6. The molecule has 1 amide bonds. The molecule has 2 unspecified atom stereocenters. The number of aliphatic hydroxyl groups is 1.